The maximum absolute atomic E-state index is 11.8. The number of ether oxygens (including phenoxy) is 1. The van der Waals surface area contributed by atoms with E-state index in [-0.39, 0.29) is 18.1 Å². The highest BCUT2D eigenvalue weighted by atomic mass is 16.5. The number of alkyl carbamates (subject to hydrolysis) is 1. The Bertz CT molecular complexity index is 365. The van der Waals surface area contributed by atoms with E-state index in [4.69, 9.17) is 4.74 Å². The molecule has 1 rings (SSSR count). The Morgan fingerprint density at radius 3 is 2.86 bits per heavy atom. The fourth-order valence-electron chi connectivity index (χ4n) is 2.84. The van der Waals surface area contributed by atoms with E-state index in [1.54, 1.807) is 0 Å². The predicted octanol–water partition coefficient (Wildman–Crippen LogP) is 4.87. The number of amides is 1. The van der Waals surface area contributed by atoms with Gasteiger partial charge in [-0.05, 0) is 51.0 Å². The molecule has 0 radical (unpaired) electrons. The Hall–Kier alpha value is -1.45. The minimum atomic E-state index is -0.364. The Morgan fingerprint density at radius 1 is 1.32 bits per heavy atom. The fourth-order valence-corrected chi connectivity index (χ4v) is 2.84. The molecule has 1 fully saturated rings. The van der Waals surface area contributed by atoms with Crippen LogP contribution in [0.4, 0.5) is 4.79 Å². The lowest BCUT2D eigenvalue weighted by Crippen LogP contribution is -2.38. The van der Waals surface area contributed by atoms with Gasteiger partial charge < -0.3 is 15.2 Å². The first kappa shape index (κ1) is 18.6. The lowest BCUT2D eigenvalue weighted by molar-refractivity contribution is 0.137. The molecule has 22 heavy (non-hydrogen) atoms. The second-order valence-corrected chi connectivity index (χ2v) is 5.98. The summed E-state index contributed by atoms with van der Waals surface area (Å²) in [4.78, 5) is 11.8. The molecule has 4 nitrogen and oxygen atoms in total. The van der Waals surface area contributed by atoms with Gasteiger partial charge in [-0.25, -0.2) is 4.79 Å². The van der Waals surface area contributed by atoms with Crippen LogP contribution in [-0.2, 0) is 4.74 Å². The van der Waals surface area contributed by atoms with E-state index in [0.29, 0.717) is 12.4 Å². The van der Waals surface area contributed by atoms with Crippen molar-refractivity contribution in [2.75, 3.05) is 6.61 Å². The number of unbranched alkanes of at least 4 members (excludes halogenated alkanes) is 4. The summed E-state index contributed by atoms with van der Waals surface area (Å²) >= 11 is 0. The molecule has 0 aromatic heterocycles. The summed E-state index contributed by atoms with van der Waals surface area (Å²) < 4.78 is 5.19. The van der Waals surface area contributed by atoms with Crippen LogP contribution < -0.4 is 5.32 Å². The van der Waals surface area contributed by atoms with Crippen LogP contribution in [0.15, 0.2) is 24.5 Å². The number of carbonyl (C=O) groups is 1. The van der Waals surface area contributed by atoms with Gasteiger partial charge in [-0.1, -0.05) is 25.8 Å². The monoisotopic (exact) mass is 309 g/mol. The smallest absolute Gasteiger partial charge is 0.407 e. The molecule has 0 aromatic rings. The van der Waals surface area contributed by atoms with Crippen molar-refractivity contribution in [3.63, 3.8) is 0 Å². The Morgan fingerprint density at radius 2 is 2.14 bits per heavy atom. The SMILES string of the molecule is C=CCCCCOC(=O)NC1CCCC1C(O)=CCCCC. The van der Waals surface area contributed by atoms with E-state index in [1.807, 2.05) is 12.2 Å². The number of aliphatic hydroxyl groups excluding tert-OH is 1. The number of hydrogen-bond acceptors (Lipinski definition) is 3. The molecule has 2 N–H and O–H groups in total. The number of nitrogens with one attached hydrogen (secondary N) is 1. The van der Waals surface area contributed by atoms with Crippen LogP contribution in [-0.4, -0.2) is 23.8 Å². The van der Waals surface area contributed by atoms with Crippen molar-refractivity contribution in [1.29, 1.82) is 0 Å². The number of allylic oxidation sites excluding steroid dienone is 2. The van der Waals surface area contributed by atoms with Crippen molar-refractivity contribution in [1.82, 2.24) is 5.32 Å². The summed E-state index contributed by atoms with van der Waals surface area (Å²) in [7, 11) is 0. The lowest BCUT2D eigenvalue weighted by Gasteiger charge is -2.20. The molecule has 1 saturated carbocycles. The maximum atomic E-state index is 11.8. The largest absolute Gasteiger partial charge is 0.512 e. The quantitative estimate of drug-likeness (QED) is 0.344. The van der Waals surface area contributed by atoms with Crippen LogP contribution in [0, 0.1) is 5.92 Å². The second kappa shape index (κ2) is 11.2. The number of hydrogen-bond donors (Lipinski definition) is 2. The zero-order chi connectivity index (χ0) is 16.2. The van der Waals surface area contributed by atoms with E-state index in [0.717, 1.165) is 57.8 Å². The molecule has 2 atom stereocenters. The molecular formula is C18H31NO3. The fraction of sp³-hybridized carbons (Fsp3) is 0.722. The lowest BCUT2D eigenvalue weighted by atomic mass is 10.00. The van der Waals surface area contributed by atoms with Gasteiger partial charge in [0, 0.05) is 12.0 Å². The molecule has 0 spiro atoms. The second-order valence-electron chi connectivity index (χ2n) is 5.98. The molecule has 0 aromatic carbocycles. The van der Waals surface area contributed by atoms with E-state index in [1.165, 1.54) is 0 Å². The first-order valence-electron chi connectivity index (χ1n) is 8.62. The summed E-state index contributed by atoms with van der Waals surface area (Å²) in [5.74, 6) is 0.479. The average molecular weight is 309 g/mol. The zero-order valence-corrected chi connectivity index (χ0v) is 13.9. The van der Waals surface area contributed by atoms with Gasteiger partial charge in [0.15, 0.2) is 0 Å². The first-order valence-corrected chi connectivity index (χ1v) is 8.62. The number of rotatable bonds is 10. The van der Waals surface area contributed by atoms with Crippen molar-refractivity contribution in [2.24, 2.45) is 5.92 Å². The van der Waals surface area contributed by atoms with Crippen LogP contribution in [0.2, 0.25) is 0 Å². The molecule has 4 heteroatoms. The predicted molar refractivity (Wildman–Crippen MR) is 89.9 cm³/mol. The van der Waals surface area contributed by atoms with Gasteiger partial charge in [0.2, 0.25) is 0 Å². The van der Waals surface area contributed by atoms with E-state index < -0.39 is 0 Å². The number of carbonyl (C=O) groups excluding carboxylic acids is 1. The Kier molecular flexibility index (Phi) is 9.44. The zero-order valence-electron chi connectivity index (χ0n) is 13.9. The summed E-state index contributed by atoms with van der Waals surface area (Å²) in [6.45, 7) is 6.24. The van der Waals surface area contributed by atoms with Crippen LogP contribution in [0.3, 0.4) is 0 Å². The third-order valence-corrected chi connectivity index (χ3v) is 4.15. The van der Waals surface area contributed by atoms with Gasteiger partial charge >= 0.3 is 6.09 Å². The van der Waals surface area contributed by atoms with Crippen molar-refractivity contribution in [3.05, 3.63) is 24.5 Å². The summed E-state index contributed by atoms with van der Waals surface area (Å²) in [5, 5.41) is 13.1. The molecule has 2 unspecified atom stereocenters. The van der Waals surface area contributed by atoms with Crippen molar-refractivity contribution < 1.29 is 14.6 Å². The van der Waals surface area contributed by atoms with Gasteiger partial charge in [-0.15, -0.1) is 6.58 Å². The normalized spacial score (nSPS) is 21.6. The van der Waals surface area contributed by atoms with Gasteiger partial charge in [-0.3, -0.25) is 0 Å². The van der Waals surface area contributed by atoms with E-state index in [9.17, 15) is 9.90 Å². The van der Waals surface area contributed by atoms with E-state index >= 15 is 0 Å². The number of aliphatic hydroxyl groups is 1. The highest BCUT2D eigenvalue weighted by molar-refractivity contribution is 5.67. The topological polar surface area (TPSA) is 58.6 Å². The van der Waals surface area contributed by atoms with Crippen LogP contribution in [0.1, 0.15) is 64.7 Å². The molecule has 0 heterocycles. The average Bonchev–Trinajstić information content (AvgIpc) is 2.95. The summed E-state index contributed by atoms with van der Waals surface area (Å²) in [6.07, 6.45) is 12.2. The highest BCUT2D eigenvalue weighted by Crippen LogP contribution is 2.31. The van der Waals surface area contributed by atoms with Gasteiger partial charge in [0.05, 0.1) is 12.4 Å². The van der Waals surface area contributed by atoms with Crippen LogP contribution >= 0.6 is 0 Å². The molecule has 1 aliphatic carbocycles. The molecule has 126 valence electrons. The van der Waals surface area contributed by atoms with Crippen molar-refractivity contribution in [3.8, 4) is 0 Å². The minimum absolute atomic E-state index is 0.00134. The molecular weight excluding hydrogens is 278 g/mol. The summed E-state index contributed by atoms with van der Waals surface area (Å²) in [6, 6.07) is -0.00134. The highest BCUT2D eigenvalue weighted by Gasteiger charge is 2.31. The van der Waals surface area contributed by atoms with E-state index in [2.05, 4.69) is 18.8 Å². The van der Waals surface area contributed by atoms with Gasteiger partial charge in [0.25, 0.3) is 0 Å². The molecule has 1 aliphatic rings. The van der Waals surface area contributed by atoms with Crippen LogP contribution in [0.5, 0.6) is 0 Å². The molecule has 0 saturated heterocycles. The summed E-state index contributed by atoms with van der Waals surface area (Å²) in [5.41, 5.74) is 0. The maximum Gasteiger partial charge on any atom is 0.407 e. The Balaban J connectivity index is 2.31. The third-order valence-electron chi connectivity index (χ3n) is 4.15. The molecule has 1 amide bonds. The third kappa shape index (κ3) is 7.01. The van der Waals surface area contributed by atoms with Gasteiger partial charge in [0.1, 0.15) is 0 Å². The Labute approximate surface area is 134 Å². The van der Waals surface area contributed by atoms with Crippen molar-refractivity contribution in [2.45, 2.75) is 70.8 Å². The van der Waals surface area contributed by atoms with Crippen molar-refractivity contribution >= 4 is 6.09 Å². The molecule has 0 aliphatic heterocycles. The molecule has 0 bridgehead atoms. The van der Waals surface area contributed by atoms with Gasteiger partial charge in [-0.2, -0.15) is 0 Å². The first-order chi connectivity index (χ1) is 10.7. The van der Waals surface area contributed by atoms with Crippen LogP contribution in [0.25, 0.3) is 0 Å². The standard InChI is InChI=1S/C18H31NO3/c1-3-5-7-9-14-22-18(21)19-16-12-10-11-15(16)17(20)13-8-6-4-2/h3,13,15-16,20H,1,4-12,14H2,2H3,(H,19,21). The minimum Gasteiger partial charge on any atom is -0.512 e.